The predicted octanol–water partition coefficient (Wildman–Crippen LogP) is 4.58. The highest BCUT2D eigenvalue weighted by atomic mass is 35.5. The van der Waals surface area contributed by atoms with Crippen LogP contribution in [0.25, 0.3) is 0 Å². The molecule has 2 fully saturated rings. The van der Waals surface area contributed by atoms with Crippen molar-refractivity contribution in [2.75, 3.05) is 13.2 Å². The fraction of sp³-hybridized carbons (Fsp3) is 0.333. The molecule has 0 aromatic heterocycles. The molecule has 12 heteroatoms. The molecule has 2 aliphatic heterocycles. The first-order valence-electron chi connectivity index (χ1n) is 12.2. The molecule has 3 N–H and O–H groups in total. The van der Waals surface area contributed by atoms with Gasteiger partial charge in [0.1, 0.15) is 11.6 Å². The normalized spacial score (nSPS) is 23.9. The van der Waals surface area contributed by atoms with E-state index in [0.29, 0.717) is 28.5 Å². The Morgan fingerprint density at radius 1 is 1.23 bits per heavy atom. The number of hydrogen-bond acceptors (Lipinski definition) is 6. The van der Waals surface area contributed by atoms with Gasteiger partial charge in [0.15, 0.2) is 0 Å². The zero-order valence-electron chi connectivity index (χ0n) is 20.7. The summed E-state index contributed by atoms with van der Waals surface area (Å²) in [6.07, 6.45) is 4.15. The fourth-order valence-electron chi connectivity index (χ4n) is 4.53. The summed E-state index contributed by atoms with van der Waals surface area (Å²) in [7, 11) is 0. The van der Waals surface area contributed by atoms with E-state index in [9.17, 15) is 23.5 Å². The minimum Gasteiger partial charge on any atom is -0.373 e. The number of hydrogen-bond donors (Lipinski definition) is 3. The Hall–Kier alpha value is -3.18. The lowest BCUT2D eigenvalue weighted by Crippen LogP contribution is -2.52. The molecule has 2 aromatic carbocycles. The van der Waals surface area contributed by atoms with Crippen molar-refractivity contribution >= 4 is 47.4 Å². The highest BCUT2D eigenvalue weighted by Crippen LogP contribution is 2.32. The van der Waals surface area contributed by atoms with Gasteiger partial charge >= 0.3 is 0 Å². The first-order valence-corrected chi connectivity index (χ1v) is 12.9. The molecule has 206 valence electrons. The number of amides is 2. The Balaban J connectivity index is 1.34. The molecule has 0 aliphatic carbocycles. The fourth-order valence-corrected chi connectivity index (χ4v) is 5.10. The van der Waals surface area contributed by atoms with Crippen LogP contribution in [0, 0.1) is 23.0 Å². The third-order valence-corrected chi connectivity index (χ3v) is 7.06. The summed E-state index contributed by atoms with van der Waals surface area (Å²) in [5.41, 5.74) is -1.43. The lowest BCUT2D eigenvalue weighted by atomic mass is 9.95. The minimum atomic E-state index is -2.30. The van der Waals surface area contributed by atoms with Crippen LogP contribution in [0.3, 0.4) is 0 Å². The van der Waals surface area contributed by atoms with Crippen molar-refractivity contribution in [1.29, 1.82) is 5.41 Å². The van der Waals surface area contributed by atoms with Gasteiger partial charge in [-0.2, -0.15) is 0 Å². The van der Waals surface area contributed by atoms with E-state index >= 15 is 0 Å². The maximum Gasteiger partial charge on any atom is 0.268 e. The lowest BCUT2D eigenvalue weighted by Gasteiger charge is -2.27. The van der Waals surface area contributed by atoms with Gasteiger partial charge in [0, 0.05) is 53.5 Å². The third kappa shape index (κ3) is 6.70. The number of aliphatic imine (C=N–C) groups is 1. The summed E-state index contributed by atoms with van der Waals surface area (Å²) in [6.45, 7) is 0.247. The second-order valence-corrected chi connectivity index (χ2v) is 10.2. The van der Waals surface area contributed by atoms with Crippen LogP contribution in [0.2, 0.25) is 10.0 Å². The monoisotopic (exact) mass is 578 g/mol. The molecule has 2 heterocycles. The summed E-state index contributed by atoms with van der Waals surface area (Å²) in [5, 5.41) is 21.9. The molecule has 0 spiro atoms. The molecule has 0 bridgehead atoms. The Morgan fingerprint density at radius 2 is 1.97 bits per heavy atom. The van der Waals surface area contributed by atoms with Crippen LogP contribution in [-0.4, -0.2) is 53.0 Å². The highest BCUT2D eigenvalue weighted by Gasteiger charge is 2.52. The van der Waals surface area contributed by atoms with Gasteiger partial charge in [-0.25, -0.2) is 8.78 Å². The topological polar surface area (TPSA) is 115 Å². The van der Waals surface area contributed by atoms with Gasteiger partial charge in [0.05, 0.1) is 24.6 Å². The first kappa shape index (κ1) is 28.8. The largest absolute Gasteiger partial charge is 0.373 e. The highest BCUT2D eigenvalue weighted by molar-refractivity contribution is 6.34. The van der Waals surface area contributed by atoms with Crippen molar-refractivity contribution in [1.82, 2.24) is 10.2 Å². The quantitative estimate of drug-likeness (QED) is 0.314. The van der Waals surface area contributed by atoms with Crippen LogP contribution in [0.5, 0.6) is 0 Å². The molecule has 39 heavy (non-hydrogen) atoms. The molecule has 4 rings (SSSR count). The van der Waals surface area contributed by atoms with Crippen LogP contribution in [0.1, 0.15) is 36.5 Å². The number of rotatable bonds is 8. The van der Waals surface area contributed by atoms with E-state index in [-0.39, 0.29) is 43.3 Å². The lowest BCUT2D eigenvalue weighted by molar-refractivity contribution is -0.153. The molecule has 2 aliphatic rings. The van der Waals surface area contributed by atoms with Gasteiger partial charge in [-0.05, 0) is 54.8 Å². The molecule has 2 aromatic rings. The van der Waals surface area contributed by atoms with E-state index in [1.165, 1.54) is 6.20 Å². The van der Waals surface area contributed by atoms with Crippen molar-refractivity contribution in [3.8, 4) is 0 Å². The Bertz CT molecular complexity index is 1310. The second kappa shape index (κ2) is 12.3. The Labute approximate surface area is 233 Å². The molecule has 2 amide bonds. The van der Waals surface area contributed by atoms with Crippen LogP contribution >= 0.6 is 23.2 Å². The number of carbonyl (C=O) groups is 2. The average molecular weight is 579 g/mol. The van der Waals surface area contributed by atoms with E-state index in [2.05, 4.69) is 10.3 Å². The van der Waals surface area contributed by atoms with Gasteiger partial charge in [0.2, 0.25) is 5.60 Å². The molecule has 8 nitrogen and oxygen atoms in total. The van der Waals surface area contributed by atoms with E-state index in [1.807, 2.05) is 0 Å². The summed E-state index contributed by atoms with van der Waals surface area (Å²) in [6, 6.07) is 8.01. The van der Waals surface area contributed by atoms with Gasteiger partial charge in [0.25, 0.3) is 11.8 Å². The summed E-state index contributed by atoms with van der Waals surface area (Å²) >= 11 is 11.9. The maximum atomic E-state index is 14.0. The van der Waals surface area contributed by atoms with Crippen LogP contribution in [0.4, 0.5) is 8.78 Å². The molecular formula is C27H26Cl2F2N4O4. The van der Waals surface area contributed by atoms with Gasteiger partial charge in [-0.3, -0.25) is 14.6 Å². The van der Waals surface area contributed by atoms with Crippen LogP contribution in [0.15, 0.2) is 53.3 Å². The number of carbonyl (C=O) groups excluding carboxylic acids is 2. The Kier molecular flexibility index (Phi) is 9.12. The summed E-state index contributed by atoms with van der Waals surface area (Å²) in [4.78, 5) is 31.0. The number of halogens is 4. The van der Waals surface area contributed by atoms with E-state index in [1.54, 1.807) is 24.4 Å². The number of nitrogens with one attached hydrogen (secondary N) is 2. The molecular weight excluding hydrogens is 553 g/mol. The van der Waals surface area contributed by atoms with Gasteiger partial charge < -0.3 is 25.5 Å². The number of likely N-dealkylation sites (tertiary alicyclic amines) is 1. The summed E-state index contributed by atoms with van der Waals surface area (Å²) < 4.78 is 33.2. The predicted molar refractivity (Wildman–Crippen MR) is 143 cm³/mol. The van der Waals surface area contributed by atoms with E-state index in [4.69, 9.17) is 33.3 Å². The van der Waals surface area contributed by atoms with Crippen molar-refractivity contribution in [2.24, 2.45) is 10.9 Å². The smallest absolute Gasteiger partial charge is 0.268 e. The molecule has 0 radical (unpaired) electrons. The van der Waals surface area contributed by atoms with Crippen molar-refractivity contribution in [3.63, 3.8) is 0 Å². The van der Waals surface area contributed by atoms with Crippen LogP contribution < -0.4 is 5.32 Å². The average Bonchev–Trinajstić information content (AvgIpc) is 3.21. The SMILES string of the molecule is N=C/C(=C\N=C/C1CC[C@@H](c2cc(F)ccc2F)OC1)N1CCC(O)(C(=O)NCc2cc(Cl)cc(Cl)c2)C1=O. The van der Waals surface area contributed by atoms with Crippen molar-refractivity contribution < 1.29 is 28.2 Å². The molecule has 3 atom stereocenters. The van der Waals surface area contributed by atoms with Crippen LogP contribution in [-0.2, 0) is 20.9 Å². The molecule has 2 unspecified atom stereocenters. The number of ether oxygens (including phenoxy) is 1. The standard InChI is InChI=1S/C27H26Cl2F2N4O4/c28-18-7-17(8-19(29)9-18)13-34-25(36)27(38)5-6-35(26(27)37)21(11-32)14-33-12-16-1-4-24(39-15-16)22-10-20(30)2-3-23(22)31/h2-3,7-12,14,16,24,32,38H,1,4-6,13,15H2,(H,34,36)/b21-14+,32-11?,33-12-/t16?,24-,27?/m0/s1. The van der Waals surface area contributed by atoms with Gasteiger partial charge in [-0.15, -0.1) is 0 Å². The van der Waals surface area contributed by atoms with Gasteiger partial charge in [-0.1, -0.05) is 23.2 Å². The minimum absolute atomic E-state index is 0.00241. The van der Waals surface area contributed by atoms with E-state index < -0.39 is 35.2 Å². The number of allylic oxidation sites excluding steroid dienone is 1. The molecule has 0 saturated carbocycles. The number of aliphatic hydroxyl groups is 1. The zero-order chi connectivity index (χ0) is 28.2. The number of nitrogens with zero attached hydrogens (tertiary/aromatic N) is 2. The zero-order valence-corrected chi connectivity index (χ0v) is 22.2. The molecule has 2 saturated heterocycles. The summed E-state index contributed by atoms with van der Waals surface area (Å²) in [5.74, 6) is -2.91. The third-order valence-electron chi connectivity index (χ3n) is 6.63. The van der Waals surface area contributed by atoms with Crippen molar-refractivity contribution in [2.45, 2.75) is 37.5 Å². The Morgan fingerprint density at radius 3 is 2.64 bits per heavy atom. The van der Waals surface area contributed by atoms with Crippen molar-refractivity contribution in [3.05, 3.63) is 81.1 Å². The maximum absolute atomic E-state index is 14.0. The number of benzene rings is 2. The first-order chi connectivity index (χ1) is 18.6. The second-order valence-electron chi connectivity index (χ2n) is 9.35. The van der Waals surface area contributed by atoms with E-state index in [0.717, 1.165) is 29.3 Å².